The van der Waals surface area contributed by atoms with Crippen LogP contribution in [0.1, 0.15) is 6.42 Å². The maximum absolute atomic E-state index is 12.4. The van der Waals surface area contributed by atoms with Crippen LogP contribution in [0.4, 0.5) is 5.69 Å². The zero-order valence-corrected chi connectivity index (χ0v) is 18.0. The fraction of sp³-hybridized carbons (Fsp3) is 0.429. The zero-order valence-electron chi connectivity index (χ0n) is 16.3. The molecule has 0 amide bonds. The van der Waals surface area contributed by atoms with Crippen LogP contribution in [0.25, 0.3) is 0 Å². The normalized spacial score (nSPS) is 16.9. The van der Waals surface area contributed by atoms with E-state index in [1.54, 1.807) is 24.3 Å². The van der Waals surface area contributed by atoms with Crippen molar-refractivity contribution >= 4 is 27.9 Å². The number of hydrogen-bond acceptors (Lipinski definition) is 6. The van der Waals surface area contributed by atoms with Crippen molar-refractivity contribution in [1.82, 2.24) is 4.90 Å². The highest BCUT2D eigenvalue weighted by Crippen LogP contribution is 2.39. The third kappa shape index (κ3) is 5.15. The summed E-state index contributed by atoms with van der Waals surface area (Å²) >= 11 is 0. The number of para-hydroxylation sites is 1. The summed E-state index contributed by atoms with van der Waals surface area (Å²) in [6, 6.07) is 14.7. The lowest BCUT2D eigenvalue weighted by Gasteiger charge is -2.37. The highest BCUT2D eigenvalue weighted by Gasteiger charge is 2.24. The fourth-order valence-electron chi connectivity index (χ4n) is 3.74. The van der Waals surface area contributed by atoms with E-state index in [1.807, 2.05) is 18.2 Å². The predicted octanol–water partition coefficient (Wildman–Crippen LogP) is 2.87. The molecule has 1 saturated heterocycles. The van der Waals surface area contributed by atoms with Gasteiger partial charge >= 0.3 is 0 Å². The Balaban J connectivity index is 0.00000240. The first-order valence-corrected chi connectivity index (χ1v) is 11.4. The molecule has 4 rings (SSSR count). The van der Waals surface area contributed by atoms with Gasteiger partial charge in [-0.1, -0.05) is 24.3 Å². The van der Waals surface area contributed by atoms with Crippen LogP contribution in [0, 0.1) is 0 Å². The van der Waals surface area contributed by atoms with E-state index in [-0.39, 0.29) is 18.2 Å². The van der Waals surface area contributed by atoms with Gasteiger partial charge in [-0.15, -0.1) is 12.4 Å². The van der Waals surface area contributed by atoms with Crippen molar-refractivity contribution in [2.75, 3.05) is 56.6 Å². The molecule has 0 aromatic heterocycles. The fourth-order valence-corrected chi connectivity index (χ4v) is 5.06. The second kappa shape index (κ2) is 9.69. The van der Waals surface area contributed by atoms with Gasteiger partial charge in [-0.3, -0.25) is 4.90 Å². The molecule has 1 fully saturated rings. The van der Waals surface area contributed by atoms with Crippen molar-refractivity contribution in [2.45, 2.75) is 11.3 Å². The number of sulfone groups is 1. The van der Waals surface area contributed by atoms with E-state index in [0.717, 1.165) is 49.9 Å². The molecular weight excluding hydrogens is 412 g/mol. The molecule has 8 heteroatoms. The molecule has 0 spiro atoms. The molecule has 0 bridgehead atoms. The lowest BCUT2D eigenvalue weighted by molar-refractivity contribution is 0.171. The molecule has 2 aliphatic rings. The summed E-state index contributed by atoms with van der Waals surface area (Å²) in [6.45, 7) is 5.59. The van der Waals surface area contributed by atoms with Crippen LogP contribution in [-0.2, 0) is 9.84 Å². The standard InChI is InChI=1S/C21H26N2O4S.ClH/c24-28(25,18-6-2-1-3-7-18)17-5-10-22-11-13-23(14-12-22)19-8-4-9-20-21(19)27-16-15-26-20;/h1-4,6-9H,5,10-17H2;1H. The Hall–Kier alpha value is -1.96. The molecule has 0 N–H and O–H groups in total. The number of anilines is 1. The van der Waals surface area contributed by atoms with E-state index in [2.05, 4.69) is 15.9 Å². The van der Waals surface area contributed by atoms with E-state index >= 15 is 0 Å². The van der Waals surface area contributed by atoms with Crippen molar-refractivity contribution in [3.05, 3.63) is 48.5 Å². The SMILES string of the molecule is Cl.O=S(=O)(CCCN1CCN(c2cccc3c2OCCO3)CC1)c1ccccc1. The van der Waals surface area contributed by atoms with Crippen LogP contribution in [0.15, 0.2) is 53.4 Å². The average molecular weight is 439 g/mol. The summed E-state index contributed by atoms with van der Waals surface area (Å²) < 4.78 is 36.3. The smallest absolute Gasteiger partial charge is 0.184 e. The molecule has 29 heavy (non-hydrogen) atoms. The van der Waals surface area contributed by atoms with Crippen LogP contribution in [0.3, 0.4) is 0 Å². The molecular formula is C21H27ClN2O4S. The van der Waals surface area contributed by atoms with Gasteiger partial charge in [0.05, 0.1) is 16.3 Å². The maximum Gasteiger partial charge on any atom is 0.184 e. The van der Waals surface area contributed by atoms with E-state index in [9.17, 15) is 8.42 Å². The minimum atomic E-state index is -3.19. The van der Waals surface area contributed by atoms with Gasteiger partial charge in [-0.2, -0.15) is 0 Å². The second-order valence-corrected chi connectivity index (χ2v) is 9.22. The van der Waals surface area contributed by atoms with Crippen molar-refractivity contribution in [1.29, 1.82) is 0 Å². The van der Waals surface area contributed by atoms with E-state index in [0.29, 0.717) is 24.5 Å². The molecule has 158 valence electrons. The van der Waals surface area contributed by atoms with Gasteiger partial charge in [0.25, 0.3) is 0 Å². The number of hydrogen-bond donors (Lipinski definition) is 0. The first-order valence-electron chi connectivity index (χ1n) is 9.77. The van der Waals surface area contributed by atoms with Crippen molar-refractivity contribution in [3.63, 3.8) is 0 Å². The molecule has 0 radical (unpaired) electrons. The first-order chi connectivity index (χ1) is 13.6. The highest BCUT2D eigenvalue weighted by atomic mass is 35.5. The Kier molecular flexibility index (Phi) is 7.27. The van der Waals surface area contributed by atoms with Gasteiger partial charge in [0.2, 0.25) is 0 Å². The number of benzene rings is 2. The quantitative estimate of drug-likeness (QED) is 0.691. The number of halogens is 1. The molecule has 6 nitrogen and oxygen atoms in total. The van der Waals surface area contributed by atoms with Crippen LogP contribution in [0.2, 0.25) is 0 Å². The van der Waals surface area contributed by atoms with Gasteiger partial charge in [0.1, 0.15) is 13.2 Å². The lowest BCUT2D eigenvalue weighted by Crippen LogP contribution is -2.47. The molecule has 2 aromatic rings. The molecule has 2 aromatic carbocycles. The highest BCUT2D eigenvalue weighted by molar-refractivity contribution is 7.91. The zero-order chi connectivity index (χ0) is 19.4. The first kappa shape index (κ1) is 21.7. The monoisotopic (exact) mass is 438 g/mol. The van der Waals surface area contributed by atoms with Crippen LogP contribution < -0.4 is 14.4 Å². The second-order valence-electron chi connectivity index (χ2n) is 7.12. The number of ether oxygens (including phenoxy) is 2. The Labute approximate surface area is 178 Å². The summed E-state index contributed by atoms with van der Waals surface area (Å²) in [5, 5.41) is 0. The van der Waals surface area contributed by atoms with E-state index < -0.39 is 9.84 Å². The number of piperazine rings is 1. The number of rotatable bonds is 6. The summed E-state index contributed by atoms with van der Waals surface area (Å²) in [5.41, 5.74) is 1.09. The molecule has 2 aliphatic heterocycles. The molecule has 0 unspecified atom stereocenters. The average Bonchev–Trinajstić information content (AvgIpc) is 2.74. The van der Waals surface area contributed by atoms with Crippen molar-refractivity contribution in [3.8, 4) is 11.5 Å². The Morgan fingerprint density at radius 1 is 0.862 bits per heavy atom. The van der Waals surface area contributed by atoms with Gasteiger partial charge in [0, 0.05) is 26.2 Å². The van der Waals surface area contributed by atoms with Crippen LogP contribution in [-0.4, -0.2) is 65.0 Å². The molecule has 0 atom stereocenters. The van der Waals surface area contributed by atoms with Gasteiger partial charge in [-0.05, 0) is 37.2 Å². The lowest BCUT2D eigenvalue weighted by atomic mass is 10.2. The Morgan fingerprint density at radius 3 is 2.34 bits per heavy atom. The van der Waals surface area contributed by atoms with Gasteiger partial charge in [-0.25, -0.2) is 8.42 Å². The minimum absolute atomic E-state index is 0. The minimum Gasteiger partial charge on any atom is -0.486 e. The number of nitrogens with zero attached hydrogens (tertiary/aromatic N) is 2. The van der Waals surface area contributed by atoms with Crippen molar-refractivity contribution < 1.29 is 17.9 Å². The summed E-state index contributed by atoms with van der Waals surface area (Å²) in [6.07, 6.45) is 0.648. The Morgan fingerprint density at radius 2 is 1.59 bits per heavy atom. The van der Waals surface area contributed by atoms with Gasteiger partial charge in [0.15, 0.2) is 21.3 Å². The van der Waals surface area contributed by atoms with E-state index in [1.165, 1.54) is 0 Å². The van der Waals surface area contributed by atoms with Crippen LogP contribution >= 0.6 is 12.4 Å². The predicted molar refractivity (Wildman–Crippen MR) is 116 cm³/mol. The topological polar surface area (TPSA) is 59.1 Å². The molecule has 2 heterocycles. The summed E-state index contributed by atoms with van der Waals surface area (Å²) in [5.74, 6) is 1.85. The third-order valence-electron chi connectivity index (χ3n) is 5.25. The van der Waals surface area contributed by atoms with E-state index in [4.69, 9.17) is 9.47 Å². The summed E-state index contributed by atoms with van der Waals surface area (Å²) in [7, 11) is -3.19. The van der Waals surface area contributed by atoms with Crippen molar-refractivity contribution in [2.24, 2.45) is 0 Å². The Bertz CT molecular complexity index is 900. The number of fused-ring (bicyclic) bond motifs is 1. The third-order valence-corrected chi connectivity index (χ3v) is 7.06. The maximum atomic E-state index is 12.4. The van der Waals surface area contributed by atoms with Gasteiger partial charge < -0.3 is 14.4 Å². The largest absolute Gasteiger partial charge is 0.486 e. The summed E-state index contributed by atoms with van der Waals surface area (Å²) in [4.78, 5) is 5.07. The molecule has 0 aliphatic carbocycles. The van der Waals surface area contributed by atoms with Crippen LogP contribution in [0.5, 0.6) is 11.5 Å². The molecule has 0 saturated carbocycles.